The molecule has 2 rings (SSSR count). The third-order valence-corrected chi connectivity index (χ3v) is 7.71. The number of unbranched alkanes of at least 4 members (excludes halogenated alkanes) is 4. The van der Waals surface area contributed by atoms with Crippen molar-refractivity contribution in [2.24, 2.45) is 0 Å². The molecule has 0 aliphatic carbocycles. The summed E-state index contributed by atoms with van der Waals surface area (Å²) >= 11 is 0. The topological polar surface area (TPSA) is 40.6 Å². The number of hydrogen-bond acceptors (Lipinski definition) is 4. The maximum Gasteiger partial charge on any atom is 0.152 e. The zero-order chi connectivity index (χ0) is 19.0. The highest BCUT2D eigenvalue weighted by atomic mass is 32.2. The monoisotopic (exact) mass is 380 g/mol. The molecule has 1 aromatic carbocycles. The van der Waals surface area contributed by atoms with Gasteiger partial charge in [-0.3, -0.25) is 0 Å². The van der Waals surface area contributed by atoms with Crippen LogP contribution in [0.2, 0.25) is 0 Å². The van der Waals surface area contributed by atoms with Crippen molar-refractivity contribution in [3.8, 4) is 0 Å². The molecule has 0 saturated carbocycles. The van der Waals surface area contributed by atoms with Crippen LogP contribution in [0.4, 0.5) is 5.69 Å². The van der Waals surface area contributed by atoms with E-state index < -0.39 is 9.84 Å². The SMILES string of the molecule is CC(C)S(=O)(=O)CCCCCCCc1ccc(N2CCN(C)CC2)cc1. The number of benzene rings is 1. The summed E-state index contributed by atoms with van der Waals surface area (Å²) in [6.45, 7) is 8.04. The van der Waals surface area contributed by atoms with Crippen molar-refractivity contribution in [3.63, 3.8) is 0 Å². The van der Waals surface area contributed by atoms with Crippen LogP contribution in [0.15, 0.2) is 24.3 Å². The molecule has 1 aliphatic rings. The van der Waals surface area contributed by atoms with Crippen LogP contribution in [0.1, 0.15) is 51.5 Å². The highest BCUT2D eigenvalue weighted by Gasteiger charge is 2.15. The van der Waals surface area contributed by atoms with E-state index in [0.29, 0.717) is 5.75 Å². The maximum atomic E-state index is 11.8. The van der Waals surface area contributed by atoms with Gasteiger partial charge in [-0.2, -0.15) is 0 Å². The molecule has 1 saturated heterocycles. The lowest BCUT2D eigenvalue weighted by atomic mass is 10.0. The van der Waals surface area contributed by atoms with Gasteiger partial charge in [0.2, 0.25) is 0 Å². The molecular formula is C21H36N2O2S. The number of likely N-dealkylation sites (N-methyl/N-ethyl adjacent to an activating group) is 1. The van der Waals surface area contributed by atoms with Crippen LogP contribution in [0.25, 0.3) is 0 Å². The summed E-state index contributed by atoms with van der Waals surface area (Å²) in [7, 11) is -0.673. The molecule has 0 N–H and O–H groups in total. The first kappa shape index (κ1) is 21.2. The first-order valence-corrected chi connectivity index (χ1v) is 11.8. The average Bonchev–Trinajstić information content (AvgIpc) is 2.62. The lowest BCUT2D eigenvalue weighted by molar-refractivity contribution is 0.313. The zero-order valence-corrected chi connectivity index (χ0v) is 17.6. The molecule has 0 spiro atoms. The van der Waals surface area contributed by atoms with Gasteiger partial charge < -0.3 is 9.80 Å². The first-order chi connectivity index (χ1) is 12.4. The number of anilines is 1. The van der Waals surface area contributed by atoms with Crippen LogP contribution in [-0.2, 0) is 16.3 Å². The Bertz CT molecular complexity index is 618. The van der Waals surface area contributed by atoms with Gasteiger partial charge >= 0.3 is 0 Å². The van der Waals surface area contributed by atoms with Gasteiger partial charge in [-0.05, 0) is 57.9 Å². The van der Waals surface area contributed by atoms with E-state index in [1.807, 2.05) is 0 Å². The van der Waals surface area contributed by atoms with Crippen molar-refractivity contribution < 1.29 is 8.42 Å². The molecule has 1 fully saturated rings. The van der Waals surface area contributed by atoms with Gasteiger partial charge in [0.15, 0.2) is 9.84 Å². The van der Waals surface area contributed by atoms with Crippen LogP contribution in [0.5, 0.6) is 0 Å². The Balaban J connectivity index is 1.60. The largest absolute Gasteiger partial charge is 0.369 e. The summed E-state index contributed by atoms with van der Waals surface area (Å²) in [6, 6.07) is 9.06. The number of nitrogens with zero attached hydrogens (tertiary/aromatic N) is 2. The fraction of sp³-hybridized carbons (Fsp3) is 0.714. The maximum absolute atomic E-state index is 11.8. The van der Waals surface area contributed by atoms with Gasteiger partial charge in [0, 0.05) is 31.9 Å². The van der Waals surface area contributed by atoms with E-state index in [1.165, 1.54) is 24.1 Å². The van der Waals surface area contributed by atoms with Gasteiger partial charge in [0.05, 0.1) is 11.0 Å². The average molecular weight is 381 g/mol. The lowest BCUT2D eigenvalue weighted by Gasteiger charge is -2.34. The second-order valence-corrected chi connectivity index (χ2v) is 10.6. The Morgan fingerprint density at radius 2 is 1.46 bits per heavy atom. The van der Waals surface area contributed by atoms with E-state index in [0.717, 1.165) is 51.9 Å². The summed E-state index contributed by atoms with van der Waals surface area (Å²) in [4.78, 5) is 4.85. The van der Waals surface area contributed by atoms with Gasteiger partial charge in [0.1, 0.15) is 0 Å². The minimum Gasteiger partial charge on any atom is -0.369 e. The van der Waals surface area contributed by atoms with Gasteiger partial charge in [0.25, 0.3) is 0 Å². The minimum absolute atomic E-state index is 0.240. The lowest BCUT2D eigenvalue weighted by Crippen LogP contribution is -2.44. The van der Waals surface area contributed by atoms with Crippen molar-refractivity contribution >= 4 is 15.5 Å². The van der Waals surface area contributed by atoms with Crippen molar-refractivity contribution in [2.75, 3.05) is 43.9 Å². The first-order valence-electron chi connectivity index (χ1n) is 10.1. The molecule has 0 amide bonds. The molecule has 4 nitrogen and oxygen atoms in total. The van der Waals surface area contributed by atoms with Gasteiger partial charge in [-0.15, -0.1) is 0 Å². The highest BCUT2D eigenvalue weighted by Crippen LogP contribution is 2.18. The van der Waals surface area contributed by atoms with Crippen molar-refractivity contribution in [1.29, 1.82) is 0 Å². The highest BCUT2D eigenvalue weighted by molar-refractivity contribution is 7.91. The van der Waals surface area contributed by atoms with Crippen molar-refractivity contribution in [2.45, 2.75) is 57.6 Å². The van der Waals surface area contributed by atoms with Crippen LogP contribution in [-0.4, -0.2) is 57.5 Å². The molecular weight excluding hydrogens is 344 g/mol. The van der Waals surface area contributed by atoms with Crippen molar-refractivity contribution in [3.05, 3.63) is 29.8 Å². The Morgan fingerprint density at radius 3 is 2.08 bits per heavy atom. The van der Waals surface area contributed by atoms with E-state index in [9.17, 15) is 8.42 Å². The standard InChI is InChI=1S/C21H36N2O2S/c1-19(2)26(24,25)18-8-6-4-5-7-9-20-10-12-21(13-11-20)23-16-14-22(3)15-17-23/h10-13,19H,4-9,14-18H2,1-3H3. The molecule has 148 valence electrons. The van der Waals surface area contributed by atoms with E-state index in [4.69, 9.17) is 0 Å². The quantitative estimate of drug-likeness (QED) is 0.580. The van der Waals surface area contributed by atoms with E-state index >= 15 is 0 Å². The summed E-state index contributed by atoms with van der Waals surface area (Å²) < 4.78 is 23.5. The Hall–Kier alpha value is -1.07. The smallest absolute Gasteiger partial charge is 0.152 e. The molecule has 1 aliphatic heterocycles. The van der Waals surface area contributed by atoms with Crippen LogP contribution >= 0.6 is 0 Å². The summed E-state index contributed by atoms with van der Waals surface area (Å²) in [6.07, 6.45) is 6.45. The number of aryl methyl sites for hydroxylation is 1. The summed E-state index contributed by atoms with van der Waals surface area (Å²) in [5.74, 6) is 0.346. The van der Waals surface area contributed by atoms with Crippen LogP contribution < -0.4 is 4.90 Å². The predicted molar refractivity (Wildman–Crippen MR) is 112 cm³/mol. The molecule has 0 atom stereocenters. The van der Waals surface area contributed by atoms with E-state index in [2.05, 4.69) is 41.1 Å². The second-order valence-electron chi connectivity index (χ2n) is 7.89. The van der Waals surface area contributed by atoms with Gasteiger partial charge in [-0.25, -0.2) is 8.42 Å². The summed E-state index contributed by atoms with van der Waals surface area (Å²) in [5, 5.41) is -0.240. The molecule has 1 aromatic rings. The normalized spacial score (nSPS) is 16.4. The minimum atomic E-state index is -2.86. The molecule has 0 aromatic heterocycles. The molecule has 0 unspecified atom stereocenters. The second kappa shape index (κ2) is 10.3. The fourth-order valence-electron chi connectivity index (χ4n) is 3.34. The Morgan fingerprint density at radius 1 is 0.885 bits per heavy atom. The number of hydrogen-bond donors (Lipinski definition) is 0. The fourth-order valence-corrected chi connectivity index (χ4v) is 4.41. The molecule has 26 heavy (non-hydrogen) atoms. The third kappa shape index (κ3) is 6.92. The van der Waals surface area contributed by atoms with E-state index in [1.54, 1.807) is 13.8 Å². The van der Waals surface area contributed by atoms with E-state index in [-0.39, 0.29) is 5.25 Å². The van der Waals surface area contributed by atoms with Crippen molar-refractivity contribution in [1.82, 2.24) is 4.90 Å². The molecule has 0 bridgehead atoms. The van der Waals surface area contributed by atoms with Gasteiger partial charge in [-0.1, -0.05) is 31.4 Å². The Kier molecular flexibility index (Phi) is 8.42. The zero-order valence-electron chi connectivity index (χ0n) is 16.8. The molecule has 0 radical (unpaired) electrons. The third-order valence-electron chi connectivity index (χ3n) is 5.42. The molecule has 5 heteroatoms. The summed E-state index contributed by atoms with van der Waals surface area (Å²) in [5.41, 5.74) is 2.75. The van der Waals surface area contributed by atoms with Crippen LogP contribution in [0, 0.1) is 0 Å². The Labute approximate surface area is 160 Å². The van der Waals surface area contributed by atoms with Crippen LogP contribution in [0.3, 0.4) is 0 Å². The number of rotatable bonds is 10. The number of piperazine rings is 1. The molecule has 1 heterocycles. The number of sulfone groups is 1. The predicted octanol–water partition coefficient (Wildman–Crippen LogP) is 3.75.